The number of phenolic OH excluding ortho intramolecular Hbond substituents is 1. The minimum Gasteiger partial charge on any atom is -0.508 e. The summed E-state index contributed by atoms with van der Waals surface area (Å²) in [5.41, 5.74) is 1.61. The molecule has 0 saturated heterocycles. The van der Waals surface area contributed by atoms with Crippen LogP contribution in [0.3, 0.4) is 0 Å². The van der Waals surface area contributed by atoms with Gasteiger partial charge in [0.15, 0.2) is 5.78 Å². The Morgan fingerprint density at radius 3 is 1.80 bits per heavy atom. The summed E-state index contributed by atoms with van der Waals surface area (Å²) < 4.78 is 0. The highest BCUT2D eigenvalue weighted by molar-refractivity contribution is 6.09. The SMILES string of the molecule is CC(C(=O)O)c1ccc(C(=O)c2ccc(O)cc2)cc1. The van der Waals surface area contributed by atoms with Gasteiger partial charge in [0.05, 0.1) is 5.92 Å². The van der Waals surface area contributed by atoms with Crippen LogP contribution in [-0.2, 0) is 4.79 Å². The van der Waals surface area contributed by atoms with Crippen LogP contribution in [0.4, 0.5) is 0 Å². The minimum atomic E-state index is -0.900. The Hall–Kier alpha value is -2.62. The number of benzene rings is 2. The predicted octanol–water partition coefficient (Wildman–Crippen LogP) is 2.81. The third kappa shape index (κ3) is 2.85. The van der Waals surface area contributed by atoms with Crippen molar-refractivity contribution in [2.45, 2.75) is 12.8 Å². The summed E-state index contributed by atoms with van der Waals surface area (Å²) in [5, 5.41) is 18.1. The van der Waals surface area contributed by atoms with Crippen LogP contribution in [0.15, 0.2) is 48.5 Å². The molecule has 0 aliphatic carbocycles. The number of ketones is 1. The van der Waals surface area contributed by atoms with Gasteiger partial charge < -0.3 is 10.2 Å². The largest absolute Gasteiger partial charge is 0.508 e. The lowest BCUT2D eigenvalue weighted by molar-refractivity contribution is -0.138. The fourth-order valence-corrected chi connectivity index (χ4v) is 1.85. The van der Waals surface area contributed by atoms with Gasteiger partial charge in [0, 0.05) is 11.1 Å². The lowest BCUT2D eigenvalue weighted by Gasteiger charge is -2.07. The van der Waals surface area contributed by atoms with Gasteiger partial charge in [0.1, 0.15) is 5.75 Å². The summed E-state index contributed by atoms with van der Waals surface area (Å²) in [7, 11) is 0. The monoisotopic (exact) mass is 270 g/mol. The average molecular weight is 270 g/mol. The number of carbonyl (C=O) groups excluding carboxylic acids is 1. The number of carboxylic acids is 1. The predicted molar refractivity (Wildman–Crippen MR) is 74.0 cm³/mol. The van der Waals surface area contributed by atoms with E-state index in [1.807, 2.05) is 0 Å². The average Bonchev–Trinajstić information content (AvgIpc) is 2.46. The van der Waals surface area contributed by atoms with E-state index in [0.29, 0.717) is 16.7 Å². The molecule has 2 aromatic rings. The molecule has 1 atom stereocenters. The Balaban J connectivity index is 2.23. The molecular weight excluding hydrogens is 256 g/mol. The summed E-state index contributed by atoms with van der Waals surface area (Å²) in [4.78, 5) is 23.1. The van der Waals surface area contributed by atoms with E-state index in [2.05, 4.69) is 0 Å². The molecule has 2 aromatic carbocycles. The van der Waals surface area contributed by atoms with Crippen LogP contribution in [0.1, 0.15) is 34.3 Å². The van der Waals surface area contributed by atoms with Gasteiger partial charge in [-0.25, -0.2) is 0 Å². The number of aliphatic carboxylic acids is 1. The van der Waals surface area contributed by atoms with Crippen molar-refractivity contribution in [3.05, 3.63) is 65.2 Å². The van der Waals surface area contributed by atoms with Crippen LogP contribution in [0.25, 0.3) is 0 Å². The van der Waals surface area contributed by atoms with Gasteiger partial charge in [-0.15, -0.1) is 0 Å². The molecule has 20 heavy (non-hydrogen) atoms. The number of rotatable bonds is 4. The maximum Gasteiger partial charge on any atom is 0.310 e. The number of carbonyl (C=O) groups is 2. The first-order valence-corrected chi connectivity index (χ1v) is 6.15. The number of carboxylic acid groups (broad SMARTS) is 1. The van der Waals surface area contributed by atoms with E-state index in [-0.39, 0.29) is 11.5 Å². The molecule has 1 unspecified atom stereocenters. The van der Waals surface area contributed by atoms with E-state index in [4.69, 9.17) is 5.11 Å². The van der Waals surface area contributed by atoms with Crippen LogP contribution in [-0.4, -0.2) is 22.0 Å². The summed E-state index contributed by atoms with van der Waals surface area (Å²) in [5.74, 6) is -1.57. The number of hydrogen-bond donors (Lipinski definition) is 2. The van der Waals surface area contributed by atoms with E-state index >= 15 is 0 Å². The molecule has 0 radical (unpaired) electrons. The highest BCUT2D eigenvalue weighted by Gasteiger charge is 2.14. The lowest BCUT2D eigenvalue weighted by atomic mass is 9.97. The van der Waals surface area contributed by atoms with Crippen molar-refractivity contribution >= 4 is 11.8 Å². The molecule has 102 valence electrons. The molecular formula is C16H14O4. The number of phenols is 1. The second-order valence-electron chi connectivity index (χ2n) is 4.56. The molecule has 0 spiro atoms. The molecule has 0 amide bonds. The highest BCUT2D eigenvalue weighted by atomic mass is 16.4. The highest BCUT2D eigenvalue weighted by Crippen LogP contribution is 2.18. The van der Waals surface area contributed by atoms with Gasteiger partial charge in [-0.05, 0) is 36.8 Å². The van der Waals surface area contributed by atoms with Crippen molar-refractivity contribution < 1.29 is 19.8 Å². The molecule has 0 aliphatic rings. The van der Waals surface area contributed by atoms with Gasteiger partial charge in [-0.2, -0.15) is 0 Å². The van der Waals surface area contributed by atoms with E-state index in [0.717, 1.165) is 0 Å². The van der Waals surface area contributed by atoms with E-state index in [1.165, 1.54) is 12.1 Å². The zero-order chi connectivity index (χ0) is 14.7. The van der Waals surface area contributed by atoms with Crippen molar-refractivity contribution in [3.8, 4) is 5.75 Å². The zero-order valence-corrected chi connectivity index (χ0v) is 10.9. The standard InChI is InChI=1S/C16H14O4/c1-10(16(19)20)11-2-4-12(5-3-11)15(18)13-6-8-14(17)9-7-13/h2-10,17H,1H3,(H,19,20). The van der Waals surface area contributed by atoms with E-state index < -0.39 is 11.9 Å². The smallest absolute Gasteiger partial charge is 0.310 e. The molecule has 4 nitrogen and oxygen atoms in total. The first kappa shape index (κ1) is 13.8. The maximum atomic E-state index is 12.2. The van der Waals surface area contributed by atoms with Crippen LogP contribution in [0, 0.1) is 0 Å². The van der Waals surface area contributed by atoms with Crippen LogP contribution < -0.4 is 0 Å². The molecule has 0 heterocycles. The van der Waals surface area contributed by atoms with Gasteiger partial charge in [0.2, 0.25) is 0 Å². The maximum absolute atomic E-state index is 12.2. The first-order chi connectivity index (χ1) is 9.49. The van der Waals surface area contributed by atoms with Crippen molar-refractivity contribution in [1.29, 1.82) is 0 Å². The fourth-order valence-electron chi connectivity index (χ4n) is 1.85. The molecule has 2 N–H and O–H groups in total. The Morgan fingerprint density at radius 1 is 0.900 bits per heavy atom. The zero-order valence-electron chi connectivity index (χ0n) is 10.9. The molecule has 0 saturated carbocycles. The second-order valence-corrected chi connectivity index (χ2v) is 4.56. The van der Waals surface area contributed by atoms with Crippen LogP contribution >= 0.6 is 0 Å². The number of aromatic hydroxyl groups is 1. The van der Waals surface area contributed by atoms with Crippen molar-refractivity contribution in [2.75, 3.05) is 0 Å². The summed E-state index contributed by atoms with van der Waals surface area (Å²) >= 11 is 0. The van der Waals surface area contributed by atoms with Crippen molar-refractivity contribution in [3.63, 3.8) is 0 Å². The number of hydrogen-bond acceptors (Lipinski definition) is 3. The molecule has 0 fully saturated rings. The first-order valence-electron chi connectivity index (χ1n) is 6.15. The molecule has 0 bridgehead atoms. The summed E-state index contributed by atoms with van der Waals surface area (Å²) in [6, 6.07) is 12.5. The van der Waals surface area contributed by atoms with E-state index in [1.54, 1.807) is 43.3 Å². The minimum absolute atomic E-state index is 0.104. The van der Waals surface area contributed by atoms with Crippen molar-refractivity contribution in [1.82, 2.24) is 0 Å². The second kappa shape index (κ2) is 5.57. The normalized spacial score (nSPS) is 11.8. The van der Waals surface area contributed by atoms with Gasteiger partial charge in [0.25, 0.3) is 0 Å². The van der Waals surface area contributed by atoms with Gasteiger partial charge >= 0.3 is 5.97 Å². The van der Waals surface area contributed by atoms with Gasteiger partial charge in [-0.1, -0.05) is 24.3 Å². The molecule has 4 heteroatoms. The Kier molecular flexibility index (Phi) is 3.84. The Morgan fingerprint density at radius 2 is 1.35 bits per heavy atom. The van der Waals surface area contributed by atoms with E-state index in [9.17, 15) is 14.7 Å². The summed E-state index contributed by atoms with van der Waals surface area (Å²) in [6.07, 6.45) is 0. The topological polar surface area (TPSA) is 74.6 Å². The van der Waals surface area contributed by atoms with Gasteiger partial charge in [-0.3, -0.25) is 9.59 Å². The summed E-state index contributed by atoms with van der Waals surface area (Å²) in [6.45, 7) is 1.60. The third-order valence-electron chi connectivity index (χ3n) is 3.17. The van der Waals surface area contributed by atoms with Crippen LogP contribution in [0.2, 0.25) is 0 Å². The molecule has 2 rings (SSSR count). The third-order valence-corrected chi connectivity index (χ3v) is 3.17. The van der Waals surface area contributed by atoms with Crippen LogP contribution in [0.5, 0.6) is 5.75 Å². The lowest BCUT2D eigenvalue weighted by Crippen LogP contribution is -2.08. The quantitative estimate of drug-likeness (QED) is 0.838. The fraction of sp³-hybridized carbons (Fsp3) is 0.125. The van der Waals surface area contributed by atoms with Crippen molar-refractivity contribution in [2.24, 2.45) is 0 Å². The molecule has 0 aliphatic heterocycles. The molecule has 0 aromatic heterocycles. The Bertz CT molecular complexity index is 627. The Labute approximate surface area is 116 Å².